The summed E-state index contributed by atoms with van der Waals surface area (Å²) >= 11 is 0. The van der Waals surface area contributed by atoms with Crippen molar-refractivity contribution < 1.29 is 22.1 Å². The number of benzene rings is 3. The second kappa shape index (κ2) is 9.38. The van der Waals surface area contributed by atoms with E-state index in [1.165, 1.54) is 12.0 Å². The van der Waals surface area contributed by atoms with Gasteiger partial charge in [-0.2, -0.15) is 8.42 Å². The Morgan fingerprint density at radius 1 is 0.886 bits per heavy atom. The molecule has 0 amide bonds. The minimum absolute atomic E-state index is 0.121. The number of rotatable bonds is 6. The minimum atomic E-state index is -3.95. The van der Waals surface area contributed by atoms with Crippen LogP contribution in [-0.2, 0) is 10.1 Å². The van der Waals surface area contributed by atoms with E-state index in [9.17, 15) is 8.42 Å². The Morgan fingerprint density at radius 3 is 2.34 bits per heavy atom. The summed E-state index contributed by atoms with van der Waals surface area (Å²) in [5, 5.41) is 0. The Hall–Kier alpha value is -3.32. The molecule has 0 unspecified atom stereocenters. The molecule has 35 heavy (non-hydrogen) atoms. The lowest BCUT2D eigenvalue weighted by Crippen LogP contribution is -2.29. The average Bonchev–Trinajstić information content (AvgIpc) is 2.87. The van der Waals surface area contributed by atoms with Crippen molar-refractivity contribution in [1.82, 2.24) is 0 Å². The fraction of sp³-hybridized carbons (Fsp3) is 0.321. The van der Waals surface area contributed by atoms with Crippen molar-refractivity contribution >= 4 is 15.8 Å². The third kappa shape index (κ3) is 4.52. The highest BCUT2D eigenvalue weighted by Crippen LogP contribution is 2.45. The molecule has 0 bridgehead atoms. The summed E-state index contributed by atoms with van der Waals surface area (Å²) < 4.78 is 42.4. The standard InChI is InChI=1S/C28H29NO5S/c1-18-11-13-21(14-12-18)35(30,31)34-20-8-6-7-19(15-20)28-24-17-27(33-3)26(32-2)16-23(24)22-9-4-5-10-25(22)29-28/h6-8,11-17,22,25H,4-5,9-10H2,1-3H3/t22-,25-/m0/s1. The van der Waals surface area contributed by atoms with Gasteiger partial charge in [0.25, 0.3) is 0 Å². The Balaban J connectivity index is 1.55. The van der Waals surface area contributed by atoms with Crippen LogP contribution in [0.15, 0.2) is 70.6 Å². The second-order valence-corrected chi connectivity index (χ2v) is 10.7. The number of fused-ring (bicyclic) bond motifs is 3. The normalized spacial score (nSPS) is 19.2. The van der Waals surface area contributed by atoms with Crippen LogP contribution in [-0.4, -0.2) is 34.4 Å². The van der Waals surface area contributed by atoms with Gasteiger partial charge >= 0.3 is 10.1 Å². The molecule has 0 spiro atoms. The first-order chi connectivity index (χ1) is 16.9. The van der Waals surface area contributed by atoms with Crippen LogP contribution in [0, 0.1) is 6.92 Å². The Kier molecular flexibility index (Phi) is 6.28. The minimum Gasteiger partial charge on any atom is -0.493 e. The molecule has 2 aliphatic rings. The van der Waals surface area contributed by atoms with Crippen molar-refractivity contribution in [3.05, 3.63) is 82.9 Å². The van der Waals surface area contributed by atoms with Gasteiger partial charge < -0.3 is 13.7 Å². The molecular formula is C28H29NO5S. The fourth-order valence-corrected chi connectivity index (χ4v) is 6.00. The molecule has 0 N–H and O–H groups in total. The summed E-state index contributed by atoms with van der Waals surface area (Å²) in [6.45, 7) is 1.91. The SMILES string of the molecule is COc1cc2c(cc1OC)[C@@H]1CCCC[C@@H]1N=C2c1cccc(OS(=O)(=O)c2ccc(C)cc2)c1. The van der Waals surface area contributed by atoms with E-state index >= 15 is 0 Å². The van der Waals surface area contributed by atoms with Crippen LogP contribution in [0.4, 0.5) is 0 Å². The van der Waals surface area contributed by atoms with Gasteiger partial charge in [-0.25, -0.2) is 0 Å². The summed E-state index contributed by atoms with van der Waals surface area (Å²) in [5.74, 6) is 1.93. The summed E-state index contributed by atoms with van der Waals surface area (Å²) in [4.78, 5) is 5.29. The van der Waals surface area contributed by atoms with Crippen molar-refractivity contribution in [1.29, 1.82) is 0 Å². The topological polar surface area (TPSA) is 74.2 Å². The highest BCUT2D eigenvalue weighted by atomic mass is 32.2. The van der Waals surface area contributed by atoms with Crippen LogP contribution in [0.2, 0.25) is 0 Å². The van der Waals surface area contributed by atoms with E-state index in [4.69, 9.17) is 18.6 Å². The summed E-state index contributed by atoms with van der Waals surface area (Å²) in [5.41, 5.74) is 4.80. The molecule has 1 aliphatic heterocycles. The number of methoxy groups -OCH3 is 2. The van der Waals surface area contributed by atoms with E-state index in [0.717, 1.165) is 41.7 Å². The summed E-state index contributed by atoms with van der Waals surface area (Å²) in [6.07, 6.45) is 4.44. The van der Waals surface area contributed by atoms with E-state index in [1.54, 1.807) is 56.7 Å². The predicted molar refractivity (Wildman–Crippen MR) is 136 cm³/mol. The molecule has 1 saturated carbocycles. The fourth-order valence-electron chi connectivity index (χ4n) is 5.08. The van der Waals surface area contributed by atoms with E-state index in [1.807, 2.05) is 19.1 Å². The van der Waals surface area contributed by atoms with E-state index in [-0.39, 0.29) is 16.7 Å². The molecule has 7 heteroatoms. The molecule has 2 atom stereocenters. The van der Waals surface area contributed by atoms with Gasteiger partial charge in [0.15, 0.2) is 11.5 Å². The maximum Gasteiger partial charge on any atom is 0.339 e. The van der Waals surface area contributed by atoms with Crippen molar-refractivity contribution in [2.24, 2.45) is 4.99 Å². The number of ether oxygens (including phenoxy) is 2. The maximum absolute atomic E-state index is 12.9. The number of hydrogen-bond donors (Lipinski definition) is 0. The molecule has 1 aliphatic carbocycles. The number of nitrogens with zero attached hydrogens (tertiary/aromatic N) is 1. The van der Waals surface area contributed by atoms with Gasteiger partial charge in [-0.05, 0) is 61.7 Å². The average molecular weight is 492 g/mol. The summed E-state index contributed by atoms with van der Waals surface area (Å²) in [6, 6.07) is 18.0. The zero-order valence-corrected chi connectivity index (χ0v) is 21.0. The quantitative estimate of drug-likeness (QED) is 0.416. The third-order valence-electron chi connectivity index (χ3n) is 6.86. The lowest BCUT2D eigenvalue weighted by molar-refractivity contribution is 0.349. The molecular weight excluding hydrogens is 462 g/mol. The molecule has 3 aromatic rings. The van der Waals surface area contributed by atoms with Gasteiger partial charge in [-0.3, -0.25) is 4.99 Å². The van der Waals surface area contributed by atoms with Gasteiger partial charge in [0.05, 0.1) is 26.0 Å². The molecule has 0 aromatic heterocycles. The first kappa shape index (κ1) is 23.4. The molecule has 5 rings (SSSR count). The largest absolute Gasteiger partial charge is 0.493 e. The van der Waals surface area contributed by atoms with Crippen molar-refractivity contribution in [2.75, 3.05) is 14.2 Å². The van der Waals surface area contributed by atoms with Crippen molar-refractivity contribution in [2.45, 2.75) is 49.5 Å². The van der Waals surface area contributed by atoms with Crippen molar-refractivity contribution in [3.63, 3.8) is 0 Å². The van der Waals surface area contributed by atoms with Crippen LogP contribution < -0.4 is 13.7 Å². The van der Waals surface area contributed by atoms with E-state index < -0.39 is 10.1 Å². The zero-order chi connectivity index (χ0) is 24.6. The monoisotopic (exact) mass is 491 g/mol. The predicted octanol–water partition coefficient (Wildman–Crippen LogP) is 5.66. The number of aryl methyl sites for hydroxylation is 1. The molecule has 6 nitrogen and oxygen atoms in total. The lowest BCUT2D eigenvalue weighted by atomic mass is 9.75. The molecule has 0 radical (unpaired) electrons. The van der Waals surface area contributed by atoms with E-state index in [2.05, 4.69) is 6.07 Å². The highest BCUT2D eigenvalue weighted by molar-refractivity contribution is 7.87. The first-order valence-corrected chi connectivity index (χ1v) is 13.3. The van der Waals surface area contributed by atoms with E-state index in [0.29, 0.717) is 17.4 Å². The van der Waals surface area contributed by atoms with Gasteiger partial charge in [-0.15, -0.1) is 0 Å². The second-order valence-electron chi connectivity index (χ2n) is 9.11. The molecule has 0 saturated heterocycles. The van der Waals surface area contributed by atoms with Crippen LogP contribution in [0.3, 0.4) is 0 Å². The molecule has 182 valence electrons. The lowest BCUT2D eigenvalue weighted by Gasteiger charge is -2.35. The van der Waals surface area contributed by atoms with Crippen LogP contribution in [0.1, 0.15) is 53.9 Å². The molecule has 3 aromatic carbocycles. The number of aliphatic imine (C=N–C) groups is 1. The summed E-state index contributed by atoms with van der Waals surface area (Å²) in [7, 11) is -0.682. The van der Waals surface area contributed by atoms with Crippen LogP contribution in [0.25, 0.3) is 0 Å². The van der Waals surface area contributed by atoms with Gasteiger partial charge in [0.1, 0.15) is 10.6 Å². The first-order valence-electron chi connectivity index (χ1n) is 11.9. The van der Waals surface area contributed by atoms with Gasteiger partial charge in [-0.1, -0.05) is 42.7 Å². The zero-order valence-electron chi connectivity index (χ0n) is 20.2. The third-order valence-corrected chi connectivity index (χ3v) is 8.12. The molecule has 1 fully saturated rings. The smallest absolute Gasteiger partial charge is 0.339 e. The Bertz CT molecular complexity index is 1380. The van der Waals surface area contributed by atoms with Crippen molar-refractivity contribution in [3.8, 4) is 17.2 Å². The molecule has 1 heterocycles. The Labute approximate surface area is 206 Å². The van der Waals surface area contributed by atoms with Gasteiger partial charge in [0.2, 0.25) is 0 Å². The van der Waals surface area contributed by atoms with Crippen LogP contribution in [0.5, 0.6) is 17.2 Å². The maximum atomic E-state index is 12.9. The Morgan fingerprint density at radius 2 is 1.60 bits per heavy atom. The highest BCUT2D eigenvalue weighted by Gasteiger charge is 2.34. The van der Waals surface area contributed by atoms with Crippen LogP contribution >= 0.6 is 0 Å². The number of hydrogen-bond acceptors (Lipinski definition) is 6. The van der Waals surface area contributed by atoms with Gasteiger partial charge in [0, 0.05) is 17.0 Å².